The first-order valence-electron chi connectivity index (χ1n) is 8.36. The second-order valence-electron chi connectivity index (χ2n) is 6.34. The number of methoxy groups -OCH3 is 2. The average Bonchev–Trinajstić information content (AvgIpc) is 3.13. The molecule has 28 heavy (non-hydrogen) atoms. The van der Waals surface area contributed by atoms with Crippen LogP contribution in [0.2, 0.25) is 0 Å². The largest absolute Gasteiger partial charge is 0.497 e. The summed E-state index contributed by atoms with van der Waals surface area (Å²) in [5.41, 5.74) is -1.31. The number of H-pyrrole nitrogens is 1. The molecule has 1 heterocycles. The van der Waals surface area contributed by atoms with Gasteiger partial charge in [0.15, 0.2) is 0 Å². The van der Waals surface area contributed by atoms with Crippen molar-refractivity contribution in [3.8, 4) is 34.0 Å². The molecule has 148 valence electrons. The highest BCUT2D eigenvalue weighted by atomic mass is 19.4. The molecule has 2 aromatic carbocycles. The van der Waals surface area contributed by atoms with Crippen LogP contribution >= 0.6 is 0 Å². The SMILES string of the molecule is COc1ccc(-c2nc(C(C)(O)C(F)(F)F)[nH]c2-c2ccc(OC)cc2)cc1. The van der Waals surface area contributed by atoms with E-state index in [2.05, 4.69) is 9.97 Å². The van der Waals surface area contributed by atoms with Crippen LogP contribution in [0.15, 0.2) is 48.5 Å². The summed E-state index contributed by atoms with van der Waals surface area (Å²) in [6.45, 7) is 0.668. The molecule has 0 aliphatic carbocycles. The summed E-state index contributed by atoms with van der Waals surface area (Å²) in [6, 6.07) is 13.5. The maximum atomic E-state index is 13.3. The topological polar surface area (TPSA) is 67.4 Å². The molecular formula is C20H19F3N2O3. The number of aliphatic hydroxyl groups is 1. The molecule has 1 unspecified atom stereocenters. The number of rotatable bonds is 5. The molecule has 0 saturated carbocycles. The Balaban J connectivity index is 2.17. The molecular weight excluding hydrogens is 373 g/mol. The molecule has 0 radical (unpaired) electrons. The maximum Gasteiger partial charge on any atom is 0.424 e. The minimum atomic E-state index is -4.89. The number of halogens is 3. The van der Waals surface area contributed by atoms with E-state index in [1.165, 1.54) is 14.2 Å². The molecule has 0 aliphatic heterocycles. The Morgan fingerprint density at radius 3 is 1.75 bits per heavy atom. The number of benzene rings is 2. The molecule has 1 atom stereocenters. The third-order valence-electron chi connectivity index (χ3n) is 4.46. The number of hydrogen-bond acceptors (Lipinski definition) is 4. The Bertz CT molecular complexity index is 881. The summed E-state index contributed by atoms with van der Waals surface area (Å²) in [4.78, 5) is 6.75. The van der Waals surface area contributed by atoms with E-state index in [4.69, 9.17) is 9.47 Å². The molecule has 0 aliphatic rings. The van der Waals surface area contributed by atoms with Gasteiger partial charge in [0.2, 0.25) is 5.60 Å². The van der Waals surface area contributed by atoms with Crippen molar-refractivity contribution in [2.24, 2.45) is 0 Å². The van der Waals surface area contributed by atoms with Gasteiger partial charge in [-0.3, -0.25) is 0 Å². The van der Waals surface area contributed by atoms with Crippen LogP contribution in [0.1, 0.15) is 12.7 Å². The first-order chi connectivity index (χ1) is 13.2. The fourth-order valence-corrected chi connectivity index (χ4v) is 2.66. The molecule has 2 N–H and O–H groups in total. The lowest BCUT2D eigenvalue weighted by Gasteiger charge is -2.23. The van der Waals surface area contributed by atoms with Crippen LogP contribution in [0.25, 0.3) is 22.5 Å². The summed E-state index contributed by atoms with van der Waals surface area (Å²) >= 11 is 0. The van der Waals surface area contributed by atoms with E-state index < -0.39 is 17.6 Å². The van der Waals surface area contributed by atoms with Crippen LogP contribution in [0.5, 0.6) is 11.5 Å². The number of alkyl halides is 3. The van der Waals surface area contributed by atoms with Gasteiger partial charge in [0, 0.05) is 11.1 Å². The standard InChI is InChI=1S/C20H19F3N2O3/c1-19(26,20(21,22)23)18-24-16(12-4-8-14(27-2)9-5-12)17(25-18)13-6-10-15(28-3)11-7-13/h4-11,26H,1-3H3,(H,24,25). The van der Waals surface area contributed by atoms with Crippen LogP contribution in [0.4, 0.5) is 13.2 Å². The van der Waals surface area contributed by atoms with Gasteiger partial charge in [0.05, 0.1) is 25.6 Å². The van der Waals surface area contributed by atoms with E-state index in [0.717, 1.165) is 0 Å². The lowest BCUT2D eigenvalue weighted by molar-refractivity contribution is -0.261. The third kappa shape index (κ3) is 3.55. The molecule has 0 fully saturated rings. The van der Waals surface area contributed by atoms with Gasteiger partial charge in [-0.25, -0.2) is 4.98 Å². The molecule has 1 aromatic heterocycles. The van der Waals surface area contributed by atoms with Crippen molar-refractivity contribution in [1.82, 2.24) is 9.97 Å². The number of hydrogen-bond donors (Lipinski definition) is 2. The Morgan fingerprint density at radius 2 is 1.32 bits per heavy atom. The predicted molar refractivity (Wildman–Crippen MR) is 98.2 cm³/mol. The zero-order valence-corrected chi connectivity index (χ0v) is 15.5. The van der Waals surface area contributed by atoms with Gasteiger partial charge in [-0.05, 0) is 55.5 Å². The number of imidazole rings is 1. The second kappa shape index (κ2) is 7.20. The van der Waals surface area contributed by atoms with Gasteiger partial charge < -0.3 is 19.6 Å². The highest BCUT2D eigenvalue weighted by molar-refractivity contribution is 5.79. The number of ether oxygens (including phenoxy) is 2. The zero-order chi connectivity index (χ0) is 20.5. The van der Waals surface area contributed by atoms with E-state index in [0.29, 0.717) is 35.2 Å². The average molecular weight is 392 g/mol. The zero-order valence-electron chi connectivity index (χ0n) is 15.5. The molecule has 8 heteroatoms. The van der Waals surface area contributed by atoms with Crippen LogP contribution in [0, 0.1) is 0 Å². The molecule has 5 nitrogen and oxygen atoms in total. The lowest BCUT2D eigenvalue weighted by atomic mass is 10.0. The molecule has 0 saturated heterocycles. The van der Waals surface area contributed by atoms with Gasteiger partial charge in [0.25, 0.3) is 0 Å². The van der Waals surface area contributed by atoms with Crippen molar-refractivity contribution in [2.75, 3.05) is 14.2 Å². The van der Waals surface area contributed by atoms with E-state index in [-0.39, 0.29) is 5.69 Å². The molecule has 3 rings (SSSR count). The fraction of sp³-hybridized carbons (Fsp3) is 0.250. The minimum Gasteiger partial charge on any atom is -0.497 e. The minimum absolute atomic E-state index is 0.285. The van der Waals surface area contributed by atoms with Crippen molar-refractivity contribution in [3.05, 3.63) is 54.4 Å². The normalized spacial score (nSPS) is 13.8. The van der Waals surface area contributed by atoms with Crippen LogP contribution in [0.3, 0.4) is 0 Å². The van der Waals surface area contributed by atoms with Crippen molar-refractivity contribution in [1.29, 1.82) is 0 Å². The number of aromatic nitrogens is 2. The van der Waals surface area contributed by atoms with Gasteiger partial charge >= 0.3 is 6.18 Å². The Hall–Kier alpha value is -3.00. The Kier molecular flexibility index (Phi) is 5.08. The first-order valence-corrected chi connectivity index (χ1v) is 8.36. The number of nitrogens with one attached hydrogen (secondary N) is 1. The molecule has 0 amide bonds. The number of aromatic amines is 1. The Morgan fingerprint density at radius 1 is 0.857 bits per heavy atom. The van der Waals surface area contributed by atoms with Crippen LogP contribution in [-0.2, 0) is 5.60 Å². The highest BCUT2D eigenvalue weighted by Gasteiger charge is 2.53. The molecule has 0 bridgehead atoms. The van der Waals surface area contributed by atoms with Gasteiger partial charge in [-0.2, -0.15) is 13.2 Å². The Labute approximate surface area is 159 Å². The summed E-state index contributed by atoms with van der Waals surface area (Å²) in [5, 5.41) is 10.1. The summed E-state index contributed by atoms with van der Waals surface area (Å²) in [5.74, 6) is 0.626. The maximum absolute atomic E-state index is 13.3. The van der Waals surface area contributed by atoms with Gasteiger partial charge in [-0.15, -0.1) is 0 Å². The van der Waals surface area contributed by atoms with Gasteiger partial charge in [0.1, 0.15) is 17.3 Å². The lowest BCUT2D eigenvalue weighted by Crippen LogP contribution is -2.40. The summed E-state index contributed by atoms with van der Waals surface area (Å²) in [7, 11) is 3.04. The summed E-state index contributed by atoms with van der Waals surface area (Å²) in [6.07, 6.45) is -4.89. The third-order valence-corrected chi connectivity index (χ3v) is 4.46. The molecule has 0 spiro atoms. The smallest absolute Gasteiger partial charge is 0.424 e. The first kappa shape index (κ1) is 19.8. The van der Waals surface area contributed by atoms with Gasteiger partial charge in [-0.1, -0.05) is 0 Å². The fourth-order valence-electron chi connectivity index (χ4n) is 2.66. The van der Waals surface area contributed by atoms with E-state index in [1.807, 2.05) is 0 Å². The number of nitrogens with zero attached hydrogens (tertiary/aromatic N) is 1. The van der Waals surface area contributed by atoms with E-state index >= 15 is 0 Å². The van der Waals surface area contributed by atoms with Crippen molar-refractivity contribution in [2.45, 2.75) is 18.7 Å². The van der Waals surface area contributed by atoms with E-state index in [1.54, 1.807) is 48.5 Å². The monoisotopic (exact) mass is 392 g/mol. The van der Waals surface area contributed by atoms with Crippen molar-refractivity contribution < 1.29 is 27.8 Å². The quantitative estimate of drug-likeness (QED) is 0.670. The van der Waals surface area contributed by atoms with Crippen molar-refractivity contribution >= 4 is 0 Å². The summed E-state index contributed by atoms with van der Waals surface area (Å²) < 4.78 is 50.2. The van der Waals surface area contributed by atoms with Crippen molar-refractivity contribution in [3.63, 3.8) is 0 Å². The van der Waals surface area contributed by atoms with E-state index in [9.17, 15) is 18.3 Å². The highest BCUT2D eigenvalue weighted by Crippen LogP contribution is 2.40. The predicted octanol–water partition coefficient (Wildman–Crippen LogP) is 4.53. The van der Waals surface area contributed by atoms with Crippen LogP contribution < -0.4 is 9.47 Å². The van der Waals surface area contributed by atoms with Crippen LogP contribution in [-0.4, -0.2) is 35.5 Å². The second-order valence-corrected chi connectivity index (χ2v) is 6.34. The molecule has 3 aromatic rings.